The highest BCUT2D eigenvalue weighted by molar-refractivity contribution is 5.84. The number of benzene rings is 1. The molecule has 1 aromatic heterocycles. The molecule has 6 heteroatoms. The summed E-state index contributed by atoms with van der Waals surface area (Å²) in [6.07, 6.45) is -0.0501. The molecule has 16 heavy (non-hydrogen) atoms. The van der Waals surface area contributed by atoms with E-state index >= 15 is 0 Å². The SMILES string of the molecule is [N-]=[N+]=Nc1ccc2[nH]c(CC(=O)O)cc2c1. The van der Waals surface area contributed by atoms with Crippen LogP contribution in [0.4, 0.5) is 5.69 Å². The van der Waals surface area contributed by atoms with E-state index in [1.807, 2.05) is 0 Å². The summed E-state index contributed by atoms with van der Waals surface area (Å²) in [6.45, 7) is 0. The second kappa shape index (κ2) is 3.96. The normalized spacial score (nSPS) is 10.0. The highest BCUT2D eigenvalue weighted by atomic mass is 16.4. The van der Waals surface area contributed by atoms with Crippen molar-refractivity contribution in [1.82, 2.24) is 4.98 Å². The van der Waals surface area contributed by atoms with Crippen LogP contribution in [0.1, 0.15) is 5.69 Å². The Balaban J connectivity index is 2.45. The minimum Gasteiger partial charge on any atom is -0.481 e. The molecule has 0 aliphatic carbocycles. The maximum absolute atomic E-state index is 10.5. The third-order valence-electron chi connectivity index (χ3n) is 2.16. The number of rotatable bonds is 3. The number of H-pyrrole nitrogens is 1. The number of hydrogen-bond acceptors (Lipinski definition) is 2. The molecule has 80 valence electrons. The van der Waals surface area contributed by atoms with E-state index in [1.165, 1.54) is 0 Å². The van der Waals surface area contributed by atoms with E-state index in [-0.39, 0.29) is 6.42 Å². The van der Waals surface area contributed by atoms with Crippen molar-refractivity contribution in [1.29, 1.82) is 0 Å². The minimum absolute atomic E-state index is 0.0501. The van der Waals surface area contributed by atoms with Crippen LogP contribution in [-0.2, 0) is 11.2 Å². The molecule has 1 heterocycles. The number of aromatic nitrogens is 1. The Morgan fingerprint density at radius 1 is 1.50 bits per heavy atom. The van der Waals surface area contributed by atoms with Crippen molar-refractivity contribution < 1.29 is 9.90 Å². The molecule has 2 aromatic rings. The van der Waals surface area contributed by atoms with Gasteiger partial charge < -0.3 is 10.1 Å². The lowest BCUT2D eigenvalue weighted by Crippen LogP contribution is -1.99. The van der Waals surface area contributed by atoms with Crippen LogP contribution in [0.2, 0.25) is 0 Å². The molecule has 0 atom stereocenters. The zero-order chi connectivity index (χ0) is 11.5. The Labute approximate surface area is 90.1 Å². The average molecular weight is 216 g/mol. The van der Waals surface area contributed by atoms with Gasteiger partial charge in [0, 0.05) is 27.2 Å². The van der Waals surface area contributed by atoms with E-state index in [0.29, 0.717) is 11.4 Å². The number of carboxylic acids is 1. The molecule has 0 fully saturated rings. The number of carboxylic acid groups (broad SMARTS) is 1. The van der Waals surface area contributed by atoms with Crippen molar-refractivity contribution in [3.8, 4) is 0 Å². The van der Waals surface area contributed by atoms with E-state index in [4.69, 9.17) is 10.6 Å². The monoisotopic (exact) mass is 216 g/mol. The van der Waals surface area contributed by atoms with E-state index in [2.05, 4.69) is 15.0 Å². The first-order chi connectivity index (χ1) is 7.69. The first-order valence-corrected chi connectivity index (χ1v) is 4.57. The summed E-state index contributed by atoms with van der Waals surface area (Å²) in [5.41, 5.74) is 10.3. The summed E-state index contributed by atoms with van der Waals surface area (Å²) >= 11 is 0. The largest absolute Gasteiger partial charge is 0.481 e. The van der Waals surface area contributed by atoms with Crippen molar-refractivity contribution >= 4 is 22.6 Å². The van der Waals surface area contributed by atoms with Crippen molar-refractivity contribution in [2.75, 3.05) is 0 Å². The highest BCUT2D eigenvalue weighted by Gasteiger charge is 2.04. The molecule has 0 aliphatic heterocycles. The van der Waals surface area contributed by atoms with Crippen LogP contribution in [0.15, 0.2) is 29.4 Å². The third-order valence-corrected chi connectivity index (χ3v) is 2.16. The van der Waals surface area contributed by atoms with Gasteiger partial charge in [-0.25, -0.2) is 0 Å². The van der Waals surface area contributed by atoms with E-state index in [1.54, 1.807) is 24.3 Å². The van der Waals surface area contributed by atoms with Gasteiger partial charge in [0.1, 0.15) is 0 Å². The van der Waals surface area contributed by atoms with Crippen molar-refractivity contribution in [2.45, 2.75) is 6.42 Å². The molecule has 0 unspecified atom stereocenters. The van der Waals surface area contributed by atoms with Gasteiger partial charge in [-0.3, -0.25) is 4.79 Å². The van der Waals surface area contributed by atoms with Crippen LogP contribution in [0.25, 0.3) is 21.3 Å². The standard InChI is InChI=1S/C10H8N4O2/c11-14-13-7-1-2-9-6(3-7)4-8(12-9)5-10(15)16/h1-4,12H,5H2,(H,15,16). The Kier molecular flexibility index (Phi) is 2.49. The number of azide groups is 1. The van der Waals surface area contributed by atoms with E-state index in [9.17, 15) is 4.79 Å². The van der Waals surface area contributed by atoms with E-state index in [0.717, 1.165) is 10.9 Å². The number of aromatic amines is 1. The number of aliphatic carboxylic acids is 1. The van der Waals surface area contributed by atoms with Gasteiger partial charge in [-0.2, -0.15) is 0 Å². The second-order valence-electron chi connectivity index (χ2n) is 3.33. The van der Waals surface area contributed by atoms with Crippen LogP contribution in [0, 0.1) is 0 Å². The van der Waals surface area contributed by atoms with Crippen molar-refractivity contribution in [2.24, 2.45) is 5.11 Å². The molecule has 1 aromatic carbocycles. The van der Waals surface area contributed by atoms with Crippen LogP contribution < -0.4 is 0 Å². The number of fused-ring (bicyclic) bond motifs is 1. The van der Waals surface area contributed by atoms with Gasteiger partial charge in [0.2, 0.25) is 0 Å². The van der Waals surface area contributed by atoms with Gasteiger partial charge in [-0.1, -0.05) is 11.2 Å². The molecule has 0 radical (unpaired) electrons. The fourth-order valence-electron chi connectivity index (χ4n) is 1.55. The molecule has 0 spiro atoms. The fraction of sp³-hybridized carbons (Fsp3) is 0.100. The first-order valence-electron chi connectivity index (χ1n) is 4.57. The first kappa shape index (κ1) is 10.1. The van der Waals surface area contributed by atoms with Crippen molar-refractivity contribution in [3.63, 3.8) is 0 Å². The van der Waals surface area contributed by atoms with Crippen LogP contribution in [0.5, 0.6) is 0 Å². The molecule has 6 nitrogen and oxygen atoms in total. The quantitative estimate of drug-likeness (QED) is 0.468. The summed E-state index contributed by atoms with van der Waals surface area (Å²) in [5.74, 6) is -0.887. The summed E-state index contributed by atoms with van der Waals surface area (Å²) in [4.78, 5) is 16.2. The lowest BCUT2D eigenvalue weighted by molar-refractivity contribution is -0.136. The van der Waals surface area contributed by atoms with Crippen LogP contribution in [-0.4, -0.2) is 16.1 Å². The van der Waals surface area contributed by atoms with Gasteiger partial charge >= 0.3 is 5.97 Å². The van der Waals surface area contributed by atoms with Gasteiger partial charge in [-0.15, -0.1) is 0 Å². The number of nitrogens with zero attached hydrogens (tertiary/aromatic N) is 3. The predicted molar refractivity (Wildman–Crippen MR) is 58.4 cm³/mol. The topological polar surface area (TPSA) is 102 Å². The molecule has 0 amide bonds. The Morgan fingerprint density at radius 2 is 2.31 bits per heavy atom. The summed E-state index contributed by atoms with van der Waals surface area (Å²) < 4.78 is 0. The minimum atomic E-state index is -0.887. The highest BCUT2D eigenvalue weighted by Crippen LogP contribution is 2.22. The zero-order valence-electron chi connectivity index (χ0n) is 8.21. The summed E-state index contributed by atoms with van der Waals surface area (Å²) in [6, 6.07) is 6.87. The maximum atomic E-state index is 10.5. The second-order valence-corrected chi connectivity index (χ2v) is 3.33. The molecular formula is C10H8N4O2. The van der Waals surface area contributed by atoms with Gasteiger partial charge in [-0.05, 0) is 23.7 Å². The Morgan fingerprint density at radius 3 is 3.00 bits per heavy atom. The Bertz CT molecular complexity index is 596. The Hall–Kier alpha value is -2.46. The molecule has 2 rings (SSSR count). The fourth-order valence-corrected chi connectivity index (χ4v) is 1.55. The zero-order valence-corrected chi connectivity index (χ0v) is 8.21. The van der Waals surface area contributed by atoms with Gasteiger partial charge in [0.15, 0.2) is 0 Å². The summed E-state index contributed by atoms with van der Waals surface area (Å²) in [7, 11) is 0. The van der Waals surface area contributed by atoms with Gasteiger partial charge in [0.25, 0.3) is 0 Å². The smallest absolute Gasteiger partial charge is 0.309 e. The van der Waals surface area contributed by atoms with Crippen molar-refractivity contribution in [3.05, 3.63) is 40.4 Å². The van der Waals surface area contributed by atoms with Gasteiger partial charge in [0.05, 0.1) is 6.42 Å². The lowest BCUT2D eigenvalue weighted by Gasteiger charge is -1.91. The average Bonchev–Trinajstić information content (AvgIpc) is 2.58. The molecule has 0 saturated heterocycles. The predicted octanol–water partition coefficient (Wildman–Crippen LogP) is 2.74. The maximum Gasteiger partial charge on any atom is 0.309 e. The third kappa shape index (κ3) is 1.97. The molecule has 0 bridgehead atoms. The van der Waals surface area contributed by atoms with Crippen LogP contribution >= 0.6 is 0 Å². The summed E-state index contributed by atoms with van der Waals surface area (Å²) in [5, 5.41) is 13.0. The van der Waals surface area contributed by atoms with E-state index < -0.39 is 5.97 Å². The molecule has 0 aliphatic rings. The molecular weight excluding hydrogens is 208 g/mol. The lowest BCUT2D eigenvalue weighted by atomic mass is 10.2. The molecule has 2 N–H and O–H groups in total. The van der Waals surface area contributed by atoms with Crippen LogP contribution in [0.3, 0.4) is 0 Å². The number of nitrogens with one attached hydrogen (secondary N) is 1. The number of hydrogen-bond donors (Lipinski definition) is 2. The number of carbonyl (C=O) groups is 1. The molecule has 0 saturated carbocycles.